The van der Waals surface area contributed by atoms with E-state index in [1.165, 1.54) is 40.5 Å². The molecule has 0 spiro atoms. The first-order valence-electron chi connectivity index (χ1n) is 15.5. The van der Waals surface area contributed by atoms with Gasteiger partial charge in [0.2, 0.25) is 0 Å². The van der Waals surface area contributed by atoms with E-state index in [0.29, 0.717) is 26.2 Å². The van der Waals surface area contributed by atoms with Crippen molar-refractivity contribution in [1.29, 1.82) is 0 Å². The summed E-state index contributed by atoms with van der Waals surface area (Å²) in [4.78, 5) is 12.1. The predicted octanol–water partition coefficient (Wildman–Crippen LogP) is 8.19. The van der Waals surface area contributed by atoms with Gasteiger partial charge in [0.1, 0.15) is 18.5 Å². The maximum atomic E-state index is 12.1. The van der Waals surface area contributed by atoms with Crippen molar-refractivity contribution in [2.24, 2.45) is 0 Å². The minimum Gasteiger partial charge on any atom is -0.491 e. The third kappa shape index (κ3) is 7.47. The molecule has 0 saturated heterocycles. The van der Waals surface area contributed by atoms with Crippen molar-refractivity contribution in [1.82, 2.24) is 0 Å². The Morgan fingerprint density at radius 3 is 2.25 bits per heavy atom. The fourth-order valence-electron chi connectivity index (χ4n) is 5.69. The number of hydrogen-bond acceptors (Lipinski definition) is 5. The van der Waals surface area contributed by atoms with E-state index < -0.39 is 6.10 Å². The summed E-state index contributed by atoms with van der Waals surface area (Å²) in [6.07, 6.45) is 5.01. The zero-order valence-electron chi connectivity index (χ0n) is 26.1. The average molecular weight is 591 g/mol. The van der Waals surface area contributed by atoms with E-state index in [1.54, 1.807) is 6.92 Å². The van der Waals surface area contributed by atoms with Gasteiger partial charge in [-0.25, -0.2) is 4.79 Å². The molecule has 3 atom stereocenters. The normalized spacial score (nSPS) is 15.0. The Kier molecular flexibility index (Phi) is 10.7. The van der Waals surface area contributed by atoms with E-state index in [2.05, 4.69) is 92.7 Å². The minimum atomic E-state index is -0.624. The number of rotatable bonds is 13. The molecule has 0 aliphatic heterocycles. The van der Waals surface area contributed by atoms with Crippen molar-refractivity contribution in [3.05, 3.63) is 136 Å². The fraction of sp³-hybridized carbons (Fsp3) is 0.308. The summed E-state index contributed by atoms with van der Waals surface area (Å²) in [7, 11) is 1.52. The molecule has 0 N–H and O–H groups in total. The molecule has 0 fully saturated rings. The van der Waals surface area contributed by atoms with Crippen molar-refractivity contribution in [3.8, 4) is 5.75 Å². The van der Waals surface area contributed by atoms with Gasteiger partial charge in [-0.15, -0.1) is 0 Å². The van der Waals surface area contributed by atoms with E-state index in [4.69, 9.17) is 18.9 Å². The summed E-state index contributed by atoms with van der Waals surface area (Å²) in [6.45, 7) is 7.40. The summed E-state index contributed by atoms with van der Waals surface area (Å²) in [5.74, 6) is 0.688. The van der Waals surface area contributed by atoms with Gasteiger partial charge in [0.25, 0.3) is 0 Å². The lowest BCUT2D eigenvalue weighted by atomic mass is 9.88. The van der Waals surface area contributed by atoms with Crippen LogP contribution in [0.1, 0.15) is 77.3 Å². The summed E-state index contributed by atoms with van der Waals surface area (Å²) in [5, 5.41) is 0. The van der Waals surface area contributed by atoms with Gasteiger partial charge in [-0.05, 0) is 70.0 Å². The van der Waals surface area contributed by atoms with Crippen molar-refractivity contribution < 1.29 is 23.7 Å². The number of aryl methyl sites for hydroxylation is 1. The molecule has 44 heavy (non-hydrogen) atoms. The summed E-state index contributed by atoms with van der Waals surface area (Å²) in [6, 6.07) is 31.8. The van der Waals surface area contributed by atoms with Crippen LogP contribution in [0.5, 0.6) is 5.75 Å². The zero-order chi connectivity index (χ0) is 30.9. The highest BCUT2D eigenvalue weighted by molar-refractivity contribution is 5.77. The van der Waals surface area contributed by atoms with Crippen LogP contribution in [0.25, 0.3) is 12.2 Å². The van der Waals surface area contributed by atoms with E-state index in [1.807, 2.05) is 24.3 Å². The molecule has 0 radical (unpaired) electrons. The van der Waals surface area contributed by atoms with Gasteiger partial charge in [0.05, 0.1) is 13.2 Å². The number of carbonyl (C=O) groups excluding carboxylic acids is 1. The Morgan fingerprint density at radius 2 is 1.52 bits per heavy atom. The van der Waals surface area contributed by atoms with Crippen LogP contribution in [0.2, 0.25) is 0 Å². The summed E-state index contributed by atoms with van der Waals surface area (Å²) in [5.41, 5.74) is 9.55. The highest BCUT2D eigenvalue weighted by Gasteiger charge is 2.24. The first-order valence-corrected chi connectivity index (χ1v) is 15.5. The number of carbonyl (C=O) groups is 1. The second kappa shape index (κ2) is 15.0. The summed E-state index contributed by atoms with van der Waals surface area (Å²) < 4.78 is 23.1. The van der Waals surface area contributed by atoms with Gasteiger partial charge in [-0.3, -0.25) is 0 Å². The standard InChI is InChI=1S/C39H42O5/c1-5-28-12-15-31-16-17-33-26-32(27(3)30-10-8-7-9-11-30)18-21-35(33)38(36(31)24-28)44-23-22-43-34-19-13-29(14-20-34)25-37(41-4)39(40)42-6-2/h7-21,24,26-27,37-38H,5-6,22-23,25H2,1-4H3. The smallest absolute Gasteiger partial charge is 0.335 e. The predicted molar refractivity (Wildman–Crippen MR) is 176 cm³/mol. The molecule has 0 aromatic heterocycles. The van der Waals surface area contributed by atoms with Crippen molar-refractivity contribution in [3.63, 3.8) is 0 Å². The van der Waals surface area contributed by atoms with E-state index in [-0.39, 0.29) is 18.0 Å². The molecule has 5 rings (SSSR count). The average Bonchev–Trinajstić information content (AvgIpc) is 3.22. The van der Waals surface area contributed by atoms with Crippen LogP contribution < -0.4 is 4.74 Å². The number of fused-ring (bicyclic) bond motifs is 2. The van der Waals surface area contributed by atoms with E-state index >= 15 is 0 Å². The lowest BCUT2D eigenvalue weighted by Crippen LogP contribution is -2.27. The van der Waals surface area contributed by atoms with Crippen molar-refractivity contribution in [2.75, 3.05) is 26.9 Å². The second-order valence-corrected chi connectivity index (χ2v) is 11.1. The molecule has 0 saturated carbocycles. The van der Waals surface area contributed by atoms with Gasteiger partial charge in [-0.1, -0.05) is 105 Å². The number of esters is 1. The Balaban J connectivity index is 1.29. The maximum absolute atomic E-state index is 12.1. The largest absolute Gasteiger partial charge is 0.491 e. The van der Waals surface area contributed by atoms with Crippen LogP contribution in [0.15, 0.2) is 91.0 Å². The molecule has 5 heteroatoms. The zero-order valence-corrected chi connectivity index (χ0v) is 26.1. The fourth-order valence-corrected chi connectivity index (χ4v) is 5.69. The Labute approximate surface area is 261 Å². The Bertz CT molecular complexity index is 1560. The maximum Gasteiger partial charge on any atom is 0.335 e. The first-order chi connectivity index (χ1) is 21.5. The second-order valence-electron chi connectivity index (χ2n) is 11.1. The van der Waals surface area contributed by atoms with Crippen LogP contribution in [0.4, 0.5) is 0 Å². The molecule has 1 aliphatic rings. The molecule has 0 bridgehead atoms. The van der Waals surface area contributed by atoms with Gasteiger partial charge in [0.15, 0.2) is 6.10 Å². The molecule has 0 amide bonds. The highest BCUT2D eigenvalue weighted by atomic mass is 16.6. The quantitative estimate of drug-likeness (QED) is 0.116. The topological polar surface area (TPSA) is 54.0 Å². The van der Waals surface area contributed by atoms with Crippen molar-refractivity contribution in [2.45, 2.75) is 51.7 Å². The van der Waals surface area contributed by atoms with Crippen LogP contribution in [-0.4, -0.2) is 39.0 Å². The highest BCUT2D eigenvalue weighted by Crippen LogP contribution is 2.38. The number of ether oxygens (including phenoxy) is 4. The third-order valence-corrected chi connectivity index (χ3v) is 8.29. The van der Waals surface area contributed by atoms with Gasteiger partial charge < -0.3 is 18.9 Å². The Hall–Kier alpha value is -4.19. The molecular formula is C39H42O5. The minimum absolute atomic E-state index is 0.206. The number of hydrogen-bond donors (Lipinski definition) is 0. The monoisotopic (exact) mass is 590 g/mol. The first kappa shape index (κ1) is 31.2. The molecular weight excluding hydrogens is 548 g/mol. The number of benzene rings is 4. The van der Waals surface area contributed by atoms with Crippen LogP contribution >= 0.6 is 0 Å². The van der Waals surface area contributed by atoms with Crippen molar-refractivity contribution >= 4 is 18.1 Å². The lowest BCUT2D eigenvalue weighted by molar-refractivity contribution is -0.154. The van der Waals surface area contributed by atoms with Crippen LogP contribution in [0.3, 0.4) is 0 Å². The molecule has 5 nitrogen and oxygen atoms in total. The molecule has 228 valence electrons. The lowest BCUT2D eigenvalue weighted by Gasteiger charge is -2.23. The van der Waals surface area contributed by atoms with Crippen LogP contribution in [0, 0.1) is 0 Å². The van der Waals surface area contributed by atoms with Gasteiger partial charge in [0, 0.05) is 19.4 Å². The summed E-state index contributed by atoms with van der Waals surface area (Å²) >= 11 is 0. The van der Waals surface area contributed by atoms with Crippen LogP contribution in [-0.2, 0) is 31.8 Å². The molecule has 0 heterocycles. The number of methoxy groups -OCH3 is 1. The van der Waals surface area contributed by atoms with E-state index in [9.17, 15) is 4.79 Å². The SMILES string of the molecule is CCOC(=O)C(Cc1ccc(OCCOC2c3ccc(C(C)c4ccccc4)cc3C=Cc3ccc(CC)cc32)cc1)OC. The van der Waals surface area contributed by atoms with E-state index in [0.717, 1.165) is 23.3 Å². The molecule has 1 aliphatic carbocycles. The van der Waals surface area contributed by atoms with Gasteiger partial charge >= 0.3 is 5.97 Å². The Morgan fingerprint density at radius 1 is 0.773 bits per heavy atom. The third-order valence-electron chi connectivity index (χ3n) is 8.29. The molecule has 3 unspecified atom stereocenters. The molecule has 4 aromatic rings. The van der Waals surface area contributed by atoms with Gasteiger partial charge in [-0.2, -0.15) is 0 Å². The molecule has 4 aromatic carbocycles.